The van der Waals surface area contributed by atoms with Gasteiger partial charge >= 0.3 is 6.18 Å². The third-order valence-electron chi connectivity index (χ3n) is 4.66. The maximum absolute atomic E-state index is 12.8. The van der Waals surface area contributed by atoms with Gasteiger partial charge in [-0.15, -0.1) is 0 Å². The van der Waals surface area contributed by atoms with Crippen LogP contribution in [0.4, 0.5) is 13.2 Å². The summed E-state index contributed by atoms with van der Waals surface area (Å²) in [6.07, 6.45) is -0.237. The monoisotopic (exact) mass is 454 g/mol. The molecule has 1 N–H and O–H groups in total. The molecule has 0 aliphatic heterocycles. The van der Waals surface area contributed by atoms with Gasteiger partial charge in [0.25, 0.3) is 5.91 Å². The van der Waals surface area contributed by atoms with Gasteiger partial charge in [0.2, 0.25) is 0 Å². The first-order chi connectivity index (χ1) is 15.2. The molecule has 0 fully saturated rings. The number of aliphatic hydroxyl groups excluding tert-OH is 1. The normalized spacial score (nSPS) is 12.5. The number of nitrogens with zero attached hydrogens (tertiary/aromatic N) is 2. The minimum Gasteiger partial charge on any atom is -0.491 e. The molecule has 32 heavy (non-hydrogen) atoms. The number of rotatable bonds is 11. The zero-order chi connectivity index (χ0) is 23.7. The Labute approximate surface area is 186 Å². The second-order valence-corrected chi connectivity index (χ2v) is 7.59. The van der Waals surface area contributed by atoms with E-state index in [1.807, 2.05) is 20.8 Å². The lowest BCUT2D eigenvalue weighted by atomic mass is 10.1. The van der Waals surface area contributed by atoms with Gasteiger partial charge in [-0.3, -0.25) is 9.78 Å². The van der Waals surface area contributed by atoms with Crippen LogP contribution in [0.3, 0.4) is 0 Å². The first-order valence-electron chi connectivity index (χ1n) is 10.5. The number of amides is 1. The second kappa shape index (κ2) is 11.7. The lowest BCUT2D eigenvalue weighted by Crippen LogP contribution is -2.46. The van der Waals surface area contributed by atoms with Crippen molar-refractivity contribution in [1.82, 2.24) is 9.88 Å². The molecule has 0 saturated heterocycles. The lowest BCUT2D eigenvalue weighted by Gasteiger charge is -2.31. The van der Waals surface area contributed by atoms with E-state index in [4.69, 9.17) is 9.47 Å². The van der Waals surface area contributed by atoms with Gasteiger partial charge in [-0.05, 0) is 50.6 Å². The van der Waals surface area contributed by atoms with Crippen LogP contribution in [0.1, 0.15) is 38.3 Å². The Morgan fingerprint density at radius 2 is 1.88 bits per heavy atom. The highest BCUT2D eigenvalue weighted by molar-refractivity contribution is 5.78. The number of carbonyl (C=O) groups is 1. The molecule has 0 unspecified atom stereocenters. The molecule has 2 aromatic rings. The average Bonchev–Trinajstić information content (AvgIpc) is 2.75. The molecule has 0 bridgehead atoms. The molecular weight excluding hydrogens is 425 g/mol. The third-order valence-corrected chi connectivity index (χ3v) is 4.66. The highest BCUT2D eigenvalue weighted by Gasteiger charge is 2.30. The minimum absolute atomic E-state index is 0.0470. The highest BCUT2D eigenvalue weighted by Crippen LogP contribution is 2.30. The van der Waals surface area contributed by atoms with Crippen molar-refractivity contribution in [2.75, 3.05) is 19.8 Å². The zero-order valence-electron chi connectivity index (χ0n) is 18.4. The molecule has 0 radical (unpaired) electrons. The van der Waals surface area contributed by atoms with Crippen molar-refractivity contribution in [3.8, 4) is 11.5 Å². The Hall–Kier alpha value is -2.81. The van der Waals surface area contributed by atoms with Crippen molar-refractivity contribution in [3.05, 3.63) is 53.9 Å². The summed E-state index contributed by atoms with van der Waals surface area (Å²) in [7, 11) is 0. The third kappa shape index (κ3) is 7.40. The van der Waals surface area contributed by atoms with Gasteiger partial charge < -0.3 is 19.5 Å². The van der Waals surface area contributed by atoms with Gasteiger partial charge in [0.15, 0.2) is 6.61 Å². The number of hydrogen-bond donors (Lipinski definition) is 1. The summed E-state index contributed by atoms with van der Waals surface area (Å²) >= 11 is 0. The van der Waals surface area contributed by atoms with Crippen LogP contribution in [-0.4, -0.2) is 52.8 Å². The van der Waals surface area contributed by atoms with Crippen LogP contribution < -0.4 is 9.47 Å². The maximum Gasteiger partial charge on any atom is 0.416 e. The maximum atomic E-state index is 12.8. The molecule has 0 aliphatic carbocycles. The van der Waals surface area contributed by atoms with E-state index in [0.717, 1.165) is 17.7 Å². The van der Waals surface area contributed by atoms with Gasteiger partial charge in [-0.25, -0.2) is 0 Å². The Bertz CT molecular complexity index is 857. The van der Waals surface area contributed by atoms with E-state index >= 15 is 0 Å². The molecule has 6 nitrogen and oxygen atoms in total. The summed E-state index contributed by atoms with van der Waals surface area (Å²) in [4.78, 5) is 18.5. The molecule has 0 spiro atoms. The predicted molar refractivity (Wildman–Crippen MR) is 114 cm³/mol. The summed E-state index contributed by atoms with van der Waals surface area (Å²) < 4.78 is 49.3. The average molecular weight is 454 g/mol. The van der Waals surface area contributed by atoms with E-state index in [9.17, 15) is 23.1 Å². The molecule has 176 valence electrons. The van der Waals surface area contributed by atoms with Crippen LogP contribution in [0, 0.1) is 0 Å². The van der Waals surface area contributed by atoms with Crippen molar-refractivity contribution in [1.29, 1.82) is 0 Å². The number of halogens is 3. The quantitative estimate of drug-likeness (QED) is 0.553. The van der Waals surface area contributed by atoms with Crippen molar-refractivity contribution in [2.45, 2.75) is 51.9 Å². The summed E-state index contributed by atoms with van der Waals surface area (Å²) in [6, 6.07) is 5.36. The van der Waals surface area contributed by atoms with Crippen LogP contribution in [0.15, 0.2) is 42.7 Å². The van der Waals surface area contributed by atoms with Gasteiger partial charge in [0.05, 0.1) is 24.3 Å². The van der Waals surface area contributed by atoms with E-state index in [-0.39, 0.29) is 31.0 Å². The van der Waals surface area contributed by atoms with E-state index in [1.54, 1.807) is 18.5 Å². The number of carbonyl (C=O) groups excluding carboxylic acids is 1. The molecule has 1 heterocycles. The first-order valence-corrected chi connectivity index (χ1v) is 10.5. The van der Waals surface area contributed by atoms with Crippen molar-refractivity contribution >= 4 is 5.91 Å². The Morgan fingerprint density at radius 1 is 1.19 bits per heavy atom. The Kier molecular flexibility index (Phi) is 9.31. The van der Waals surface area contributed by atoms with Crippen molar-refractivity contribution in [3.63, 3.8) is 0 Å². The van der Waals surface area contributed by atoms with Crippen LogP contribution in [0.2, 0.25) is 0 Å². The largest absolute Gasteiger partial charge is 0.491 e. The van der Waals surface area contributed by atoms with Crippen LogP contribution in [-0.2, 0) is 17.4 Å². The van der Waals surface area contributed by atoms with Crippen LogP contribution in [0.5, 0.6) is 11.5 Å². The number of benzene rings is 1. The second-order valence-electron chi connectivity index (χ2n) is 7.59. The summed E-state index contributed by atoms with van der Waals surface area (Å²) in [5, 5.41) is 10.00. The molecule has 2 rings (SSSR count). The molecule has 9 heteroatoms. The highest BCUT2D eigenvalue weighted by atomic mass is 19.4. The van der Waals surface area contributed by atoms with Gasteiger partial charge in [0.1, 0.15) is 11.5 Å². The molecular formula is C23H29F3N2O4. The van der Waals surface area contributed by atoms with Crippen LogP contribution in [0.25, 0.3) is 0 Å². The molecule has 1 amide bonds. The molecule has 0 aliphatic rings. The first kappa shape index (κ1) is 25.5. The predicted octanol–water partition coefficient (Wildman–Crippen LogP) is 4.11. The Balaban J connectivity index is 2.09. The smallest absolute Gasteiger partial charge is 0.416 e. The van der Waals surface area contributed by atoms with E-state index < -0.39 is 17.8 Å². The van der Waals surface area contributed by atoms with Gasteiger partial charge in [-0.2, -0.15) is 13.2 Å². The number of aliphatic hydroxyl groups is 1. The van der Waals surface area contributed by atoms with Crippen LogP contribution >= 0.6 is 0 Å². The summed E-state index contributed by atoms with van der Waals surface area (Å²) in [6.45, 7) is 5.47. The topological polar surface area (TPSA) is 71.9 Å². The van der Waals surface area contributed by atoms with Crippen molar-refractivity contribution in [2.24, 2.45) is 0 Å². The Morgan fingerprint density at radius 3 is 2.44 bits per heavy atom. The van der Waals surface area contributed by atoms with Gasteiger partial charge in [0, 0.05) is 30.9 Å². The number of aromatic nitrogens is 1. The lowest BCUT2D eigenvalue weighted by molar-refractivity contribution is -0.138. The molecule has 1 aromatic heterocycles. The SMILES string of the molecule is CCCN(C(=O)COc1ccc(C(F)(F)F)cc1)[C@@H](CO)Cc1cnccc1OC(C)C. The molecule has 1 atom stereocenters. The summed E-state index contributed by atoms with van der Waals surface area (Å²) in [5.74, 6) is 0.419. The fourth-order valence-electron chi connectivity index (χ4n) is 3.18. The van der Waals surface area contributed by atoms with E-state index in [1.165, 1.54) is 17.0 Å². The van der Waals surface area contributed by atoms with E-state index in [2.05, 4.69) is 4.98 Å². The number of hydrogen-bond acceptors (Lipinski definition) is 5. The van der Waals surface area contributed by atoms with Gasteiger partial charge in [-0.1, -0.05) is 6.92 Å². The standard InChI is InChI=1S/C23H29F3N2O4/c1-4-11-28(19(14-29)12-17-13-27-10-9-21(17)32-16(2)3)22(30)15-31-20-7-5-18(6-8-20)23(24,25)26/h5-10,13,16,19,29H,4,11-12,14-15H2,1-3H3/t19-/m1/s1. The zero-order valence-corrected chi connectivity index (χ0v) is 18.4. The van der Waals surface area contributed by atoms with Crippen molar-refractivity contribution < 1.29 is 32.5 Å². The number of pyridine rings is 1. The fourth-order valence-corrected chi connectivity index (χ4v) is 3.18. The summed E-state index contributed by atoms with van der Waals surface area (Å²) in [5.41, 5.74) is -0.0298. The number of ether oxygens (including phenoxy) is 2. The number of alkyl halides is 3. The fraction of sp³-hybridized carbons (Fsp3) is 0.478. The molecule has 0 saturated carbocycles. The minimum atomic E-state index is -4.44. The molecule has 1 aromatic carbocycles. The van der Waals surface area contributed by atoms with E-state index in [0.29, 0.717) is 25.1 Å².